The predicted molar refractivity (Wildman–Crippen MR) is 115 cm³/mol. The van der Waals surface area contributed by atoms with Crippen molar-refractivity contribution in [3.8, 4) is 11.5 Å². The van der Waals surface area contributed by atoms with Crippen molar-refractivity contribution in [1.29, 1.82) is 0 Å². The van der Waals surface area contributed by atoms with Crippen LogP contribution in [0.2, 0.25) is 0 Å². The number of ether oxygens (including phenoxy) is 2. The lowest BCUT2D eigenvalue weighted by Crippen LogP contribution is -2.05. The molecule has 0 aromatic carbocycles. The van der Waals surface area contributed by atoms with E-state index < -0.39 is 6.16 Å². The fourth-order valence-electron chi connectivity index (χ4n) is 1.90. The van der Waals surface area contributed by atoms with Gasteiger partial charge in [-0.3, -0.25) is 9.59 Å². The fourth-order valence-corrected chi connectivity index (χ4v) is 1.90. The summed E-state index contributed by atoms with van der Waals surface area (Å²) in [6, 6.07) is 6.07. The number of nitrogens with zero attached hydrogens (tertiary/aromatic N) is 2. The first kappa shape index (κ1) is 31.1. The van der Waals surface area contributed by atoms with Crippen LogP contribution in [0.25, 0.3) is 0 Å². The Morgan fingerprint density at radius 3 is 1.61 bits per heavy atom. The average molecular weight is 464 g/mol. The molecule has 2 N–H and O–H groups in total. The zero-order valence-corrected chi connectivity index (χ0v) is 18.9. The predicted octanol–water partition coefficient (Wildman–Crippen LogP) is 3.36. The Morgan fingerprint density at radius 2 is 1.30 bits per heavy atom. The number of carbonyl (C=O) groups excluding carboxylic acids is 5. The van der Waals surface area contributed by atoms with Crippen LogP contribution < -0.4 is 0 Å². The highest BCUT2D eigenvalue weighted by molar-refractivity contribution is 5.96. The molecule has 2 heterocycles. The fraction of sp³-hybridized carbons (Fsp3) is 0.364. The summed E-state index contributed by atoms with van der Waals surface area (Å²) < 4.78 is 8.84. The Hall–Kier alpha value is -4.11. The number of ketones is 2. The maximum Gasteiger partial charge on any atom is 0.508 e. The van der Waals surface area contributed by atoms with Crippen LogP contribution in [0.1, 0.15) is 61.5 Å². The standard InChI is InChI=1S/C9H11NO2.C7H7NO2.C5H10O3.CO2/c1-2-4-7(11)9-8(12)5-3-6-10-9;1-5(9)7-6(10)3-2-4-8-7;1-3-7-5(6)8-4-2;2-1-3/h3,5-6,12H,2,4H2,1H3;2-4,10H,1H3;3-4H2,1-2H3;. The first-order valence-corrected chi connectivity index (χ1v) is 9.80. The molecule has 180 valence electrons. The second-order valence-electron chi connectivity index (χ2n) is 5.67. The lowest BCUT2D eigenvalue weighted by atomic mass is 10.1. The SMILES string of the molecule is CC(=O)c1ncccc1O.CCCC(=O)c1ncccc1O.CCOC(=O)OCC.O=C=O. The van der Waals surface area contributed by atoms with Crippen molar-refractivity contribution in [2.75, 3.05) is 13.2 Å². The van der Waals surface area contributed by atoms with Gasteiger partial charge in [-0.05, 0) is 44.5 Å². The number of rotatable bonds is 6. The highest BCUT2D eigenvalue weighted by Gasteiger charge is 2.09. The molecule has 33 heavy (non-hydrogen) atoms. The summed E-state index contributed by atoms with van der Waals surface area (Å²) in [6.45, 7) is 7.49. The van der Waals surface area contributed by atoms with Crippen LogP contribution in [0.3, 0.4) is 0 Å². The van der Waals surface area contributed by atoms with Crippen molar-refractivity contribution in [3.05, 3.63) is 48.0 Å². The van der Waals surface area contributed by atoms with E-state index in [9.17, 15) is 19.5 Å². The second-order valence-corrected chi connectivity index (χ2v) is 5.67. The molecule has 0 amide bonds. The summed E-state index contributed by atoms with van der Waals surface area (Å²) in [5.74, 6) is -0.417. The second kappa shape index (κ2) is 19.8. The molecular formula is C22H28N2O9. The smallest absolute Gasteiger partial charge is 0.506 e. The molecule has 0 saturated heterocycles. The summed E-state index contributed by atoms with van der Waals surface area (Å²) in [4.78, 5) is 55.8. The molecule has 0 unspecified atom stereocenters. The quantitative estimate of drug-likeness (QED) is 0.474. The van der Waals surface area contributed by atoms with E-state index in [1.807, 2.05) is 6.92 Å². The van der Waals surface area contributed by atoms with E-state index in [4.69, 9.17) is 14.7 Å². The highest BCUT2D eigenvalue weighted by atomic mass is 16.7. The minimum absolute atomic E-state index is 0.0315. The number of carbonyl (C=O) groups is 3. The number of Topliss-reactive ketones (excluding diaryl/α,β-unsaturated/α-hetero) is 2. The van der Waals surface area contributed by atoms with E-state index in [1.165, 1.54) is 31.5 Å². The van der Waals surface area contributed by atoms with E-state index in [-0.39, 0.29) is 40.6 Å². The molecule has 2 rings (SSSR count). The largest absolute Gasteiger partial charge is 0.508 e. The van der Waals surface area contributed by atoms with Gasteiger partial charge in [0.05, 0.1) is 13.2 Å². The van der Waals surface area contributed by atoms with Crippen LogP contribution in [-0.2, 0) is 19.1 Å². The Balaban J connectivity index is 0. The van der Waals surface area contributed by atoms with E-state index >= 15 is 0 Å². The molecule has 0 spiro atoms. The van der Waals surface area contributed by atoms with Gasteiger partial charge in [0.15, 0.2) is 11.6 Å². The molecule has 0 atom stereocenters. The van der Waals surface area contributed by atoms with Crippen LogP contribution in [0.5, 0.6) is 11.5 Å². The minimum Gasteiger partial charge on any atom is -0.506 e. The number of aromatic hydroxyl groups is 2. The molecule has 11 nitrogen and oxygen atoms in total. The first-order valence-electron chi connectivity index (χ1n) is 9.80. The van der Waals surface area contributed by atoms with Gasteiger partial charge >= 0.3 is 12.3 Å². The molecule has 0 radical (unpaired) electrons. The summed E-state index contributed by atoms with van der Waals surface area (Å²) in [6.07, 6.45) is 3.84. The number of pyridine rings is 2. The lowest BCUT2D eigenvalue weighted by molar-refractivity contribution is -0.191. The molecule has 2 aromatic rings. The monoisotopic (exact) mass is 464 g/mol. The van der Waals surface area contributed by atoms with Gasteiger partial charge in [-0.25, -0.2) is 14.8 Å². The van der Waals surface area contributed by atoms with Gasteiger partial charge in [0.1, 0.15) is 22.9 Å². The van der Waals surface area contributed by atoms with Gasteiger partial charge in [-0.15, -0.1) is 0 Å². The normalized spacial score (nSPS) is 8.61. The van der Waals surface area contributed by atoms with Crippen LogP contribution in [0.4, 0.5) is 4.79 Å². The van der Waals surface area contributed by atoms with Crippen molar-refractivity contribution in [1.82, 2.24) is 9.97 Å². The zero-order valence-electron chi connectivity index (χ0n) is 18.9. The van der Waals surface area contributed by atoms with E-state index in [2.05, 4.69) is 19.4 Å². The first-order chi connectivity index (χ1) is 15.7. The van der Waals surface area contributed by atoms with E-state index in [1.54, 1.807) is 26.0 Å². The van der Waals surface area contributed by atoms with Gasteiger partial charge in [0, 0.05) is 25.7 Å². The Morgan fingerprint density at radius 1 is 0.879 bits per heavy atom. The van der Waals surface area contributed by atoms with Gasteiger partial charge in [-0.1, -0.05) is 6.92 Å². The third kappa shape index (κ3) is 15.4. The van der Waals surface area contributed by atoms with Crippen LogP contribution in [0.15, 0.2) is 36.7 Å². The molecule has 0 aliphatic heterocycles. The summed E-state index contributed by atoms with van der Waals surface area (Å²) in [5.41, 5.74) is 0.307. The number of hydrogen-bond acceptors (Lipinski definition) is 11. The lowest BCUT2D eigenvalue weighted by Gasteiger charge is -1.99. The molecule has 2 aromatic heterocycles. The van der Waals surface area contributed by atoms with Crippen LogP contribution >= 0.6 is 0 Å². The molecule has 0 bridgehead atoms. The molecule has 0 fully saturated rings. The van der Waals surface area contributed by atoms with Crippen molar-refractivity contribution in [3.63, 3.8) is 0 Å². The Labute approximate surface area is 191 Å². The van der Waals surface area contributed by atoms with Crippen molar-refractivity contribution in [2.45, 2.75) is 40.5 Å². The third-order valence-electron chi connectivity index (χ3n) is 3.17. The number of aromatic nitrogens is 2. The highest BCUT2D eigenvalue weighted by Crippen LogP contribution is 2.15. The van der Waals surface area contributed by atoms with Crippen LogP contribution in [0, 0.1) is 0 Å². The van der Waals surface area contributed by atoms with Gasteiger partial charge in [0.25, 0.3) is 0 Å². The molecular weight excluding hydrogens is 436 g/mol. The van der Waals surface area contributed by atoms with Gasteiger partial charge in [-0.2, -0.15) is 9.59 Å². The maximum absolute atomic E-state index is 11.2. The topological polar surface area (TPSA) is 170 Å². The molecule has 0 saturated carbocycles. The average Bonchev–Trinajstić information content (AvgIpc) is 2.76. The maximum atomic E-state index is 11.2. The van der Waals surface area contributed by atoms with E-state index in [0.717, 1.165) is 6.42 Å². The van der Waals surface area contributed by atoms with E-state index in [0.29, 0.717) is 19.6 Å². The van der Waals surface area contributed by atoms with Gasteiger partial charge in [0.2, 0.25) is 0 Å². The zero-order chi connectivity index (χ0) is 25.6. The summed E-state index contributed by atoms with van der Waals surface area (Å²) in [7, 11) is 0. The van der Waals surface area contributed by atoms with Crippen LogP contribution in [-0.4, -0.2) is 57.3 Å². The molecule has 0 aliphatic rings. The Kier molecular flexibility index (Phi) is 18.7. The number of hydrogen-bond donors (Lipinski definition) is 2. The van der Waals surface area contributed by atoms with Crippen molar-refractivity contribution < 1.29 is 43.7 Å². The summed E-state index contributed by atoms with van der Waals surface area (Å²) >= 11 is 0. The van der Waals surface area contributed by atoms with Gasteiger partial charge < -0.3 is 19.7 Å². The Bertz CT molecular complexity index is 887. The minimum atomic E-state index is -0.588. The molecule has 11 heteroatoms. The summed E-state index contributed by atoms with van der Waals surface area (Å²) in [5, 5.41) is 18.2. The molecule has 0 aliphatic carbocycles. The van der Waals surface area contributed by atoms with Crippen molar-refractivity contribution >= 4 is 23.9 Å². The van der Waals surface area contributed by atoms with Crippen molar-refractivity contribution in [2.24, 2.45) is 0 Å². The third-order valence-corrected chi connectivity index (χ3v) is 3.17.